The Hall–Kier alpha value is -3.56. The van der Waals surface area contributed by atoms with E-state index in [1.54, 1.807) is 12.1 Å². The molecule has 0 radical (unpaired) electrons. The number of aryl methyl sites for hydroxylation is 1. The molecule has 3 aliphatic rings. The molecular weight excluding hydrogens is 510 g/mol. The number of carbonyl (C=O) groups is 4. The normalized spacial score (nSPS) is 21.4. The predicted octanol–water partition coefficient (Wildman–Crippen LogP) is 2.91. The van der Waals surface area contributed by atoms with E-state index in [1.165, 1.54) is 0 Å². The number of morpholine rings is 1. The van der Waals surface area contributed by atoms with Crippen molar-refractivity contribution in [2.45, 2.75) is 45.1 Å². The lowest BCUT2D eigenvalue weighted by Crippen LogP contribution is -2.41. The molecule has 2 heterocycles. The Morgan fingerprint density at radius 2 is 1.73 bits per heavy atom. The van der Waals surface area contributed by atoms with Crippen molar-refractivity contribution in [2.75, 3.05) is 39.5 Å². The number of fused-ring (bicyclic) bond motifs is 1. The number of imide groups is 1. The number of ketones is 1. The van der Waals surface area contributed by atoms with Gasteiger partial charge in [-0.05, 0) is 67.5 Å². The van der Waals surface area contributed by atoms with E-state index >= 15 is 0 Å². The Bertz CT molecular complexity index is 1240. The van der Waals surface area contributed by atoms with Gasteiger partial charge in [-0.2, -0.15) is 0 Å². The van der Waals surface area contributed by atoms with Gasteiger partial charge in [0.05, 0.1) is 13.2 Å². The van der Waals surface area contributed by atoms with Gasteiger partial charge >= 0.3 is 0 Å². The van der Waals surface area contributed by atoms with Gasteiger partial charge in [0.1, 0.15) is 12.4 Å². The average molecular weight is 548 g/mol. The number of piperidine rings is 1. The number of benzene rings is 2. The van der Waals surface area contributed by atoms with Crippen LogP contribution in [0.25, 0.3) is 0 Å². The lowest BCUT2D eigenvalue weighted by molar-refractivity contribution is -0.136. The molecule has 2 unspecified atom stereocenters. The highest BCUT2D eigenvalue weighted by molar-refractivity contribution is 6.01. The van der Waals surface area contributed by atoms with Crippen LogP contribution in [0.2, 0.25) is 0 Å². The molecule has 2 N–H and O–H groups in total. The summed E-state index contributed by atoms with van der Waals surface area (Å²) in [5.74, 6) is -0.0284. The molecule has 2 aliphatic heterocycles. The number of rotatable bonds is 10. The number of hydrogen-bond donors (Lipinski definition) is 2. The van der Waals surface area contributed by atoms with Crippen LogP contribution < -0.4 is 15.4 Å². The summed E-state index contributed by atoms with van der Waals surface area (Å²) in [7, 11) is 0. The molecule has 40 heavy (non-hydrogen) atoms. The molecule has 2 aromatic rings. The van der Waals surface area contributed by atoms with Crippen molar-refractivity contribution in [1.29, 1.82) is 0 Å². The van der Waals surface area contributed by atoms with E-state index in [-0.39, 0.29) is 35.3 Å². The van der Waals surface area contributed by atoms with Crippen LogP contribution in [0.4, 0.5) is 0 Å². The zero-order valence-corrected chi connectivity index (χ0v) is 22.8. The quantitative estimate of drug-likeness (QED) is 0.440. The van der Waals surface area contributed by atoms with Crippen molar-refractivity contribution in [3.8, 4) is 5.75 Å². The second-order valence-corrected chi connectivity index (χ2v) is 10.8. The second-order valence-electron chi connectivity index (χ2n) is 10.8. The van der Waals surface area contributed by atoms with E-state index < -0.39 is 0 Å². The minimum atomic E-state index is -0.214. The molecule has 3 amide bonds. The van der Waals surface area contributed by atoms with Gasteiger partial charge in [-0.3, -0.25) is 29.4 Å². The minimum absolute atomic E-state index is 0.102. The molecule has 0 saturated carbocycles. The molecule has 9 nitrogen and oxygen atoms in total. The van der Waals surface area contributed by atoms with Gasteiger partial charge in [0.2, 0.25) is 11.8 Å². The van der Waals surface area contributed by atoms with E-state index in [0.717, 1.165) is 68.1 Å². The van der Waals surface area contributed by atoms with Gasteiger partial charge in [-0.1, -0.05) is 18.2 Å². The maximum atomic E-state index is 13.1. The SMILES string of the molecule is O=C1CCC(CCC2CCc3cc(CNC(=O)c4ccc(OCCN5CCOCC5)cc4)ccc3C2=O)C(=O)N1. The first-order valence-corrected chi connectivity index (χ1v) is 14.3. The summed E-state index contributed by atoms with van der Waals surface area (Å²) in [6, 6.07) is 12.9. The summed E-state index contributed by atoms with van der Waals surface area (Å²) < 4.78 is 11.2. The first-order chi connectivity index (χ1) is 19.5. The third-order valence-electron chi connectivity index (χ3n) is 8.13. The molecule has 9 heteroatoms. The largest absolute Gasteiger partial charge is 0.492 e. The fraction of sp³-hybridized carbons (Fsp3) is 0.484. The molecule has 0 bridgehead atoms. The monoisotopic (exact) mass is 547 g/mol. The van der Waals surface area contributed by atoms with E-state index in [9.17, 15) is 19.2 Å². The van der Waals surface area contributed by atoms with Crippen LogP contribution in [-0.2, 0) is 27.3 Å². The average Bonchev–Trinajstić information content (AvgIpc) is 2.97. The highest BCUT2D eigenvalue weighted by Gasteiger charge is 2.31. The molecule has 212 valence electrons. The Labute approximate surface area is 234 Å². The van der Waals surface area contributed by atoms with E-state index in [4.69, 9.17) is 9.47 Å². The maximum Gasteiger partial charge on any atom is 0.251 e. The first-order valence-electron chi connectivity index (χ1n) is 14.3. The maximum absolute atomic E-state index is 13.1. The molecule has 2 atom stereocenters. The predicted molar refractivity (Wildman–Crippen MR) is 148 cm³/mol. The summed E-state index contributed by atoms with van der Waals surface area (Å²) in [6.07, 6.45) is 3.74. The minimum Gasteiger partial charge on any atom is -0.492 e. The van der Waals surface area contributed by atoms with E-state index in [0.29, 0.717) is 44.4 Å². The molecule has 0 aromatic heterocycles. The number of carbonyl (C=O) groups excluding carboxylic acids is 4. The van der Waals surface area contributed by atoms with E-state index in [1.807, 2.05) is 30.3 Å². The molecule has 1 aliphatic carbocycles. The number of nitrogens with zero attached hydrogens (tertiary/aromatic N) is 1. The van der Waals surface area contributed by atoms with E-state index in [2.05, 4.69) is 15.5 Å². The standard InChI is InChI=1S/C31H37N3O6/c35-28-12-8-24(31(38)33-28)4-2-22-3-5-25-19-21(1-11-27(25)29(22)36)20-32-30(37)23-6-9-26(10-7-23)40-18-15-34-13-16-39-17-14-34/h1,6-7,9-11,19,22,24H,2-5,8,12-18,20H2,(H,32,37)(H,33,35,38). The fourth-order valence-corrected chi connectivity index (χ4v) is 5.68. The number of hydrogen-bond acceptors (Lipinski definition) is 7. The lowest BCUT2D eigenvalue weighted by atomic mass is 9.78. The van der Waals surface area contributed by atoms with Crippen molar-refractivity contribution in [3.63, 3.8) is 0 Å². The second kappa shape index (κ2) is 13.2. The van der Waals surface area contributed by atoms with Crippen molar-refractivity contribution < 1.29 is 28.7 Å². The molecule has 2 saturated heterocycles. The number of Topliss-reactive ketones (excluding diaryl/α,β-unsaturated/α-hetero) is 1. The fourth-order valence-electron chi connectivity index (χ4n) is 5.68. The van der Waals surface area contributed by atoms with Gasteiger partial charge in [0.25, 0.3) is 5.91 Å². The third kappa shape index (κ3) is 7.14. The van der Waals surface area contributed by atoms with Crippen molar-refractivity contribution in [1.82, 2.24) is 15.5 Å². The lowest BCUT2D eigenvalue weighted by Gasteiger charge is -2.26. The highest BCUT2D eigenvalue weighted by atomic mass is 16.5. The van der Waals surface area contributed by atoms with Crippen LogP contribution in [0, 0.1) is 11.8 Å². The van der Waals surface area contributed by atoms with Gasteiger partial charge < -0.3 is 14.8 Å². The van der Waals surface area contributed by atoms with Crippen LogP contribution in [-0.4, -0.2) is 67.9 Å². The molecule has 0 spiro atoms. The van der Waals surface area contributed by atoms with Crippen molar-refractivity contribution in [2.24, 2.45) is 11.8 Å². The summed E-state index contributed by atoms with van der Waals surface area (Å²) in [5, 5.41) is 5.36. The smallest absolute Gasteiger partial charge is 0.251 e. The first kappa shape index (κ1) is 28.0. The Kier molecular flexibility index (Phi) is 9.23. The number of nitrogens with one attached hydrogen (secondary N) is 2. The van der Waals surface area contributed by atoms with Crippen LogP contribution in [0.3, 0.4) is 0 Å². The van der Waals surface area contributed by atoms with Crippen LogP contribution in [0.5, 0.6) is 5.75 Å². The zero-order chi connectivity index (χ0) is 27.9. The van der Waals surface area contributed by atoms with Gasteiger partial charge in [-0.25, -0.2) is 0 Å². The molecule has 5 rings (SSSR count). The molecule has 2 fully saturated rings. The summed E-state index contributed by atoms with van der Waals surface area (Å²) in [5.41, 5.74) is 3.25. The Balaban J connectivity index is 1.07. The number of amides is 3. The zero-order valence-electron chi connectivity index (χ0n) is 22.8. The van der Waals surface area contributed by atoms with Crippen LogP contribution in [0.15, 0.2) is 42.5 Å². The van der Waals surface area contributed by atoms with Crippen LogP contribution >= 0.6 is 0 Å². The van der Waals surface area contributed by atoms with Gasteiger partial charge in [-0.15, -0.1) is 0 Å². The van der Waals surface area contributed by atoms with Gasteiger partial charge in [0, 0.05) is 55.6 Å². The number of ether oxygens (including phenoxy) is 2. The Morgan fingerprint density at radius 3 is 2.50 bits per heavy atom. The highest BCUT2D eigenvalue weighted by Crippen LogP contribution is 2.31. The topological polar surface area (TPSA) is 114 Å². The summed E-state index contributed by atoms with van der Waals surface area (Å²) in [6.45, 7) is 5.20. The third-order valence-corrected chi connectivity index (χ3v) is 8.13. The summed E-state index contributed by atoms with van der Waals surface area (Å²) in [4.78, 5) is 51.5. The van der Waals surface area contributed by atoms with Crippen molar-refractivity contribution in [3.05, 3.63) is 64.7 Å². The van der Waals surface area contributed by atoms with Gasteiger partial charge in [0.15, 0.2) is 5.78 Å². The van der Waals surface area contributed by atoms with Crippen molar-refractivity contribution >= 4 is 23.5 Å². The van der Waals surface area contributed by atoms with Crippen LogP contribution in [0.1, 0.15) is 63.9 Å². The molecular formula is C31H37N3O6. The summed E-state index contributed by atoms with van der Waals surface area (Å²) >= 11 is 0. The molecule has 2 aromatic carbocycles. The Morgan fingerprint density at radius 1 is 0.975 bits per heavy atom.